The van der Waals surface area contributed by atoms with E-state index in [1.165, 1.54) is 5.56 Å². The van der Waals surface area contributed by atoms with Crippen LogP contribution in [-0.2, 0) is 0 Å². The lowest BCUT2D eigenvalue weighted by Crippen LogP contribution is -2.16. The van der Waals surface area contributed by atoms with Crippen LogP contribution < -0.4 is 10.1 Å². The van der Waals surface area contributed by atoms with Crippen molar-refractivity contribution in [2.24, 2.45) is 0 Å². The van der Waals surface area contributed by atoms with Gasteiger partial charge < -0.3 is 10.1 Å². The molecule has 0 atom stereocenters. The minimum absolute atomic E-state index is 0.693. The van der Waals surface area contributed by atoms with E-state index in [0.717, 1.165) is 16.8 Å². The van der Waals surface area contributed by atoms with Gasteiger partial charge in [0.2, 0.25) is 0 Å². The maximum absolute atomic E-state index is 5.55. The lowest BCUT2D eigenvalue weighted by molar-refractivity contribution is 0.316. The minimum atomic E-state index is 0.693. The van der Waals surface area contributed by atoms with Crippen LogP contribution >= 0.6 is 15.9 Å². The quantitative estimate of drug-likeness (QED) is 0.821. The first kappa shape index (κ1) is 10.5. The maximum Gasteiger partial charge on any atom is 0.133 e. The topological polar surface area (TPSA) is 21.3 Å². The van der Waals surface area contributed by atoms with Gasteiger partial charge in [-0.1, -0.05) is 6.07 Å². The molecule has 0 fully saturated rings. The van der Waals surface area contributed by atoms with Crippen LogP contribution in [-0.4, -0.2) is 20.2 Å². The average Bonchev–Trinajstić information content (AvgIpc) is 2.11. The van der Waals surface area contributed by atoms with Crippen LogP contribution in [0, 0.1) is 6.92 Å². The van der Waals surface area contributed by atoms with Gasteiger partial charge in [0.15, 0.2) is 0 Å². The van der Waals surface area contributed by atoms with Gasteiger partial charge in [-0.15, -0.1) is 0 Å². The summed E-state index contributed by atoms with van der Waals surface area (Å²) in [5, 5.41) is 3.03. The molecule has 0 saturated heterocycles. The highest BCUT2D eigenvalue weighted by Gasteiger charge is 1.99. The molecule has 0 unspecified atom stereocenters. The number of rotatable bonds is 4. The fourth-order valence-electron chi connectivity index (χ4n) is 0.984. The van der Waals surface area contributed by atoms with Crippen LogP contribution in [0.4, 0.5) is 0 Å². The van der Waals surface area contributed by atoms with E-state index in [9.17, 15) is 0 Å². The predicted octanol–water partition coefficient (Wildman–Crippen LogP) is 2.36. The number of likely N-dealkylation sites (N-methyl/N-ethyl adjacent to an activating group) is 1. The van der Waals surface area contributed by atoms with Crippen LogP contribution in [0.15, 0.2) is 22.7 Å². The third kappa shape index (κ3) is 3.36. The van der Waals surface area contributed by atoms with E-state index in [1.807, 2.05) is 19.2 Å². The van der Waals surface area contributed by atoms with Crippen molar-refractivity contribution >= 4 is 15.9 Å². The number of hydrogen-bond donors (Lipinski definition) is 1. The average molecular weight is 244 g/mol. The summed E-state index contributed by atoms with van der Waals surface area (Å²) in [6.45, 7) is 3.61. The van der Waals surface area contributed by atoms with Crippen molar-refractivity contribution in [3.05, 3.63) is 28.2 Å². The van der Waals surface area contributed by atoms with Crippen LogP contribution in [0.2, 0.25) is 0 Å². The smallest absolute Gasteiger partial charge is 0.133 e. The summed E-state index contributed by atoms with van der Waals surface area (Å²) in [4.78, 5) is 0. The van der Waals surface area contributed by atoms with Gasteiger partial charge in [0, 0.05) is 6.54 Å². The molecule has 1 aromatic carbocycles. The molecular formula is C10H14BrNO. The van der Waals surface area contributed by atoms with E-state index in [0.29, 0.717) is 6.61 Å². The van der Waals surface area contributed by atoms with Crippen molar-refractivity contribution < 1.29 is 4.74 Å². The van der Waals surface area contributed by atoms with Crippen LogP contribution in [0.25, 0.3) is 0 Å². The molecule has 1 aromatic rings. The van der Waals surface area contributed by atoms with Crippen molar-refractivity contribution in [3.63, 3.8) is 0 Å². The second kappa shape index (κ2) is 5.25. The molecule has 3 heteroatoms. The Morgan fingerprint density at radius 1 is 1.46 bits per heavy atom. The Kier molecular flexibility index (Phi) is 4.25. The summed E-state index contributed by atoms with van der Waals surface area (Å²) in [6.07, 6.45) is 0. The van der Waals surface area contributed by atoms with Crippen molar-refractivity contribution in [1.82, 2.24) is 5.32 Å². The van der Waals surface area contributed by atoms with Crippen molar-refractivity contribution in [2.75, 3.05) is 20.2 Å². The highest BCUT2D eigenvalue weighted by Crippen LogP contribution is 2.25. The standard InChI is InChI=1S/C10H14BrNO/c1-8-3-4-9(11)10(7-8)13-6-5-12-2/h3-4,7,12H,5-6H2,1-2H3. The predicted molar refractivity (Wildman–Crippen MR) is 58.3 cm³/mol. The molecule has 0 amide bonds. The first-order valence-electron chi connectivity index (χ1n) is 4.27. The Labute approximate surface area is 87.4 Å². The van der Waals surface area contributed by atoms with Gasteiger partial charge in [-0.2, -0.15) is 0 Å². The third-order valence-corrected chi connectivity index (χ3v) is 2.35. The Bertz CT molecular complexity index is 276. The second-order valence-corrected chi connectivity index (χ2v) is 3.74. The monoisotopic (exact) mass is 243 g/mol. The molecule has 2 nitrogen and oxygen atoms in total. The Balaban J connectivity index is 2.59. The van der Waals surface area contributed by atoms with E-state index in [4.69, 9.17) is 4.74 Å². The highest BCUT2D eigenvalue weighted by atomic mass is 79.9. The van der Waals surface area contributed by atoms with E-state index in [2.05, 4.69) is 34.2 Å². The summed E-state index contributed by atoms with van der Waals surface area (Å²) in [7, 11) is 1.91. The molecule has 0 saturated carbocycles. The summed E-state index contributed by atoms with van der Waals surface area (Å²) >= 11 is 3.44. The molecule has 0 aliphatic heterocycles. The molecule has 0 spiro atoms. The fourth-order valence-corrected chi connectivity index (χ4v) is 1.35. The molecule has 0 bridgehead atoms. The molecule has 0 radical (unpaired) electrons. The lowest BCUT2D eigenvalue weighted by atomic mass is 10.2. The van der Waals surface area contributed by atoms with Gasteiger partial charge in [-0.05, 0) is 47.6 Å². The third-order valence-electron chi connectivity index (χ3n) is 1.70. The Morgan fingerprint density at radius 2 is 2.23 bits per heavy atom. The second-order valence-electron chi connectivity index (χ2n) is 2.89. The van der Waals surface area contributed by atoms with Gasteiger partial charge in [-0.3, -0.25) is 0 Å². The van der Waals surface area contributed by atoms with Crippen molar-refractivity contribution in [1.29, 1.82) is 0 Å². The molecular weight excluding hydrogens is 230 g/mol. The van der Waals surface area contributed by atoms with Crippen molar-refractivity contribution in [3.8, 4) is 5.75 Å². The van der Waals surface area contributed by atoms with E-state index in [1.54, 1.807) is 0 Å². The number of ether oxygens (including phenoxy) is 1. The maximum atomic E-state index is 5.55. The first-order valence-corrected chi connectivity index (χ1v) is 5.07. The highest BCUT2D eigenvalue weighted by molar-refractivity contribution is 9.10. The molecule has 72 valence electrons. The van der Waals surface area contributed by atoms with Gasteiger partial charge >= 0.3 is 0 Å². The molecule has 0 aromatic heterocycles. The van der Waals surface area contributed by atoms with Crippen LogP contribution in [0.3, 0.4) is 0 Å². The number of halogens is 1. The van der Waals surface area contributed by atoms with Crippen molar-refractivity contribution in [2.45, 2.75) is 6.92 Å². The van der Waals surface area contributed by atoms with Crippen LogP contribution in [0.5, 0.6) is 5.75 Å². The van der Waals surface area contributed by atoms with Gasteiger partial charge in [0.25, 0.3) is 0 Å². The Morgan fingerprint density at radius 3 is 2.92 bits per heavy atom. The number of aryl methyl sites for hydroxylation is 1. The Hall–Kier alpha value is -0.540. The molecule has 0 aliphatic rings. The van der Waals surface area contributed by atoms with Crippen LogP contribution in [0.1, 0.15) is 5.56 Å². The number of benzene rings is 1. The molecule has 0 heterocycles. The van der Waals surface area contributed by atoms with E-state index < -0.39 is 0 Å². The van der Waals surface area contributed by atoms with Gasteiger partial charge in [-0.25, -0.2) is 0 Å². The van der Waals surface area contributed by atoms with Gasteiger partial charge in [0.1, 0.15) is 12.4 Å². The summed E-state index contributed by atoms with van der Waals surface area (Å²) in [6, 6.07) is 6.08. The summed E-state index contributed by atoms with van der Waals surface area (Å²) in [5.41, 5.74) is 1.21. The number of hydrogen-bond acceptors (Lipinski definition) is 2. The first-order chi connectivity index (χ1) is 6.24. The fraction of sp³-hybridized carbons (Fsp3) is 0.400. The summed E-state index contributed by atoms with van der Waals surface area (Å²) < 4.78 is 6.56. The largest absolute Gasteiger partial charge is 0.491 e. The zero-order chi connectivity index (χ0) is 9.68. The zero-order valence-electron chi connectivity index (χ0n) is 7.93. The number of nitrogens with one attached hydrogen (secondary N) is 1. The molecule has 1 N–H and O–H groups in total. The zero-order valence-corrected chi connectivity index (χ0v) is 9.52. The van der Waals surface area contributed by atoms with E-state index in [-0.39, 0.29) is 0 Å². The normalized spacial score (nSPS) is 10.1. The molecule has 1 rings (SSSR count). The minimum Gasteiger partial charge on any atom is -0.491 e. The molecule has 0 aliphatic carbocycles. The van der Waals surface area contributed by atoms with E-state index >= 15 is 0 Å². The van der Waals surface area contributed by atoms with Gasteiger partial charge in [0.05, 0.1) is 4.47 Å². The summed E-state index contributed by atoms with van der Waals surface area (Å²) in [5.74, 6) is 0.912. The SMILES string of the molecule is CNCCOc1cc(C)ccc1Br. The molecule has 13 heavy (non-hydrogen) atoms. The lowest BCUT2D eigenvalue weighted by Gasteiger charge is -2.08.